The molecule has 0 atom stereocenters. The maximum atomic E-state index is 14.9. The lowest BCUT2D eigenvalue weighted by molar-refractivity contribution is 0.415. The van der Waals surface area contributed by atoms with E-state index < -0.39 is 16.0 Å². The van der Waals surface area contributed by atoms with Crippen LogP contribution in [0, 0.1) is 5.82 Å². The predicted octanol–water partition coefficient (Wildman–Crippen LogP) is 2.95. The van der Waals surface area contributed by atoms with Crippen LogP contribution in [0.15, 0.2) is 42.6 Å². The fourth-order valence-electron chi connectivity index (χ4n) is 3.45. The van der Waals surface area contributed by atoms with E-state index in [1.165, 1.54) is 13.1 Å². The minimum atomic E-state index is -3.79. The van der Waals surface area contributed by atoms with E-state index in [1.54, 1.807) is 19.4 Å². The van der Waals surface area contributed by atoms with Gasteiger partial charge in [0.15, 0.2) is 5.82 Å². The number of benzene rings is 2. The fourth-order valence-corrected chi connectivity index (χ4v) is 3.99. The summed E-state index contributed by atoms with van der Waals surface area (Å²) < 4.78 is 47.9. The van der Waals surface area contributed by atoms with E-state index in [0.717, 1.165) is 16.6 Å². The highest BCUT2D eigenvalue weighted by Gasteiger charge is 2.27. The van der Waals surface area contributed by atoms with Crippen molar-refractivity contribution >= 4 is 38.2 Å². The highest BCUT2D eigenvalue weighted by molar-refractivity contribution is 7.90. The molecule has 7 nitrogen and oxygen atoms in total. The molecule has 0 fully saturated rings. The Morgan fingerprint density at radius 1 is 1.18 bits per heavy atom. The summed E-state index contributed by atoms with van der Waals surface area (Å²) in [6, 6.07) is 10.7. The zero-order chi connectivity index (χ0) is 19.9. The zero-order valence-corrected chi connectivity index (χ0v) is 16.2. The summed E-state index contributed by atoms with van der Waals surface area (Å²) in [6.07, 6.45) is 2.18. The van der Waals surface area contributed by atoms with E-state index in [-0.39, 0.29) is 5.69 Å². The summed E-state index contributed by atoms with van der Waals surface area (Å²) in [6.45, 7) is 0.583. The molecule has 1 aromatic heterocycles. The third-order valence-corrected chi connectivity index (χ3v) is 5.85. The first-order valence-electron chi connectivity index (χ1n) is 8.66. The second kappa shape index (κ2) is 6.92. The first kappa shape index (κ1) is 18.5. The van der Waals surface area contributed by atoms with Crippen LogP contribution in [0.5, 0.6) is 5.75 Å². The number of ether oxygens (including phenoxy) is 1. The summed E-state index contributed by atoms with van der Waals surface area (Å²) >= 11 is 0. The molecule has 0 bridgehead atoms. The van der Waals surface area contributed by atoms with Crippen molar-refractivity contribution in [3.8, 4) is 5.75 Å². The summed E-state index contributed by atoms with van der Waals surface area (Å²) in [4.78, 5) is 6.41. The molecule has 1 aliphatic heterocycles. The third kappa shape index (κ3) is 3.12. The number of aromatic nitrogens is 1. The van der Waals surface area contributed by atoms with Gasteiger partial charge < -0.3 is 9.64 Å². The number of hydrogen-bond acceptors (Lipinski definition) is 5. The predicted molar refractivity (Wildman–Crippen MR) is 107 cm³/mol. The van der Waals surface area contributed by atoms with E-state index in [4.69, 9.17) is 4.74 Å². The largest absolute Gasteiger partial charge is 0.497 e. The van der Waals surface area contributed by atoms with Gasteiger partial charge >= 0.3 is 0 Å². The average molecular weight is 402 g/mol. The second-order valence-electron chi connectivity index (χ2n) is 6.35. The third-order valence-electron chi connectivity index (χ3n) is 4.83. The van der Waals surface area contributed by atoms with Gasteiger partial charge in [-0.25, -0.2) is 9.11 Å². The second-order valence-corrected chi connectivity index (χ2v) is 7.97. The molecular formula is C19H19FN4O3S. The number of halogens is 1. The number of pyridine rings is 1. The minimum Gasteiger partial charge on any atom is -0.497 e. The topological polar surface area (TPSA) is 83.6 Å². The van der Waals surface area contributed by atoms with Gasteiger partial charge in [0.2, 0.25) is 0 Å². The first-order chi connectivity index (χ1) is 13.4. The number of nitrogens with zero attached hydrogens (tertiary/aromatic N) is 2. The quantitative estimate of drug-likeness (QED) is 0.686. The van der Waals surface area contributed by atoms with Gasteiger partial charge in [0, 0.05) is 42.5 Å². The van der Waals surface area contributed by atoms with E-state index in [2.05, 4.69) is 14.4 Å². The van der Waals surface area contributed by atoms with Gasteiger partial charge in [0.1, 0.15) is 5.75 Å². The van der Waals surface area contributed by atoms with E-state index in [9.17, 15) is 12.8 Å². The monoisotopic (exact) mass is 402 g/mol. The molecule has 0 saturated carbocycles. The van der Waals surface area contributed by atoms with Gasteiger partial charge in [-0.15, -0.1) is 0 Å². The van der Waals surface area contributed by atoms with Crippen molar-refractivity contribution in [1.82, 2.24) is 9.71 Å². The Labute approximate surface area is 162 Å². The highest BCUT2D eigenvalue weighted by atomic mass is 32.2. The van der Waals surface area contributed by atoms with Gasteiger partial charge in [-0.1, -0.05) is 0 Å². The molecule has 0 aliphatic carbocycles. The molecule has 4 rings (SSSR count). The maximum absolute atomic E-state index is 14.9. The molecular weight excluding hydrogens is 383 g/mol. The lowest BCUT2D eigenvalue weighted by Crippen LogP contribution is -2.27. The van der Waals surface area contributed by atoms with Crippen LogP contribution in [0.25, 0.3) is 10.9 Å². The lowest BCUT2D eigenvalue weighted by Gasteiger charge is -2.22. The minimum absolute atomic E-state index is 0.0701. The van der Waals surface area contributed by atoms with E-state index in [0.29, 0.717) is 30.0 Å². The van der Waals surface area contributed by atoms with Gasteiger partial charge in [-0.05, 0) is 36.8 Å². The molecule has 3 aromatic rings. The molecule has 0 radical (unpaired) electrons. The highest BCUT2D eigenvalue weighted by Crippen LogP contribution is 2.41. The first-order valence-corrected chi connectivity index (χ1v) is 10.1. The molecule has 0 saturated heterocycles. The Kier molecular flexibility index (Phi) is 4.56. The van der Waals surface area contributed by atoms with Crippen molar-refractivity contribution < 1.29 is 17.5 Å². The zero-order valence-electron chi connectivity index (χ0n) is 15.4. The van der Waals surface area contributed by atoms with Crippen LogP contribution >= 0.6 is 0 Å². The van der Waals surface area contributed by atoms with Crippen LogP contribution in [0.3, 0.4) is 0 Å². The molecule has 146 valence electrons. The van der Waals surface area contributed by atoms with Crippen LogP contribution < -0.4 is 19.1 Å². The Morgan fingerprint density at radius 2 is 2.00 bits per heavy atom. The van der Waals surface area contributed by atoms with Gasteiger partial charge in [0.25, 0.3) is 10.2 Å². The Hall–Kier alpha value is -2.91. The molecule has 28 heavy (non-hydrogen) atoms. The Balaban J connectivity index is 1.77. The van der Waals surface area contributed by atoms with Crippen LogP contribution in [-0.2, 0) is 16.6 Å². The summed E-state index contributed by atoms with van der Waals surface area (Å²) in [5, 5.41) is 0.927. The lowest BCUT2D eigenvalue weighted by atomic mass is 10.1. The van der Waals surface area contributed by atoms with Crippen LogP contribution in [0.4, 0.5) is 21.5 Å². The van der Waals surface area contributed by atoms with Crippen LogP contribution in [-0.4, -0.2) is 34.1 Å². The number of anilines is 3. The van der Waals surface area contributed by atoms with Crippen molar-refractivity contribution in [1.29, 1.82) is 0 Å². The van der Waals surface area contributed by atoms with Crippen LogP contribution in [0.1, 0.15) is 5.56 Å². The molecule has 2 heterocycles. The summed E-state index contributed by atoms with van der Waals surface area (Å²) in [5.41, 5.74) is 2.82. The maximum Gasteiger partial charge on any atom is 0.298 e. The van der Waals surface area contributed by atoms with Crippen LogP contribution in [0.2, 0.25) is 0 Å². The molecule has 1 aliphatic rings. The standard InChI is InChI=1S/C19H19FN4O3S/c1-21-28(25,26)23-15-5-6-17-14(19(15)20)8-10-24(17)18-7-9-22-16-11-12(27-2)3-4-13(16)18/h3-7,9,11,21,23H,8,10H2,1-2H3. The van der Waals surface area contributed by atoms with Crippen molar-refractivity contribution in [2.75, 3.05) is 30.3 Å². The Bertz CT molecular complexity index is 1170. The molecule has 0 unspecified atom stereocenters. The SMILES string of the molecule is CNS(=O)(=O)Nc1ccc2c(c1F)CCN2c1ccnc2cc(OC)ccc12. The normalized spacial score (nSPS) is 13.6. The fraction of sp³-hybridized carbons (Fsp3) is 0.211. The number of methoxy groups -OCH3 is 1. The average Bonchev–Trinajstić information content (AvgIpc) is 3.13. The molecule has 0 spiro atoms. The molecule has 0 amide bonds. The van der Waals surface area contributed by atoms with E-state index >= 15 is 0 Å². The number of rotatable bonds is 5. The smallest absolute Gasteiger partial charge is 0.298 e. The molecule has 2 N–H and O–H groups in total. The van der Waals surface area contributed by atoms with Gasteiger partial charge in [-0.2, -0.15) is 8.42 Å². The summed E-state index contributed by atoms with van der Waals surface area (Å²) in [7, 11) is -0.923. The number of fused-ring (bicyclic) bond motifs is 2. The van der Waals surface area contributed by atoms with Crippen molar-refractivity contribution in [2.45, 2.75) is 6.42 Å². The molecule has 2 aromatic carbocycles. The van der Waals surface area contributed by atoms with Gasteiger partial charge in [-0.3, -0.25) is 9.71 Å². The van der Waals surface area contributed by atoms with Crippen molar-refractivity contribution in [3.05, 3.63) is 54.0 Å². The van der Waals surface area contributed by atoms with E-state index in [1.807, 2.05) is 29.2 Å². The molecule has 9 heteroatoms. The van der Waals surface area contributed by atoms with Crippen molar-refractivity contribution in [2.24, 2.45) is 0 Å². The number of nitrogens with one attached hydrogen (secondary N) is 2. The van der Waals surface area contributed by atoms with Gasteiger partial charge in [0.05, 0.1) is 24.0 Å². The number of hydrogen-bond donors (Lipinski definition) is 2. The summed E-state index contributed by atoms with van der Waals surface area (Å²) in [5.74, 6) is 0.158. The van der Waals surface area contributed by atoms with Crippen molar-refractivity contribution in [3.63, 3.8) is 0 Å². The Morgan fingerprint density at radius 3 is 2.75 bits per heavy atom.